The lowest BCUT2D eigenvalue weighted by Gasteiger charge is -2.31. The molecule has 1 atom stereocenters. The molecule has 0 aromatic heterocycles. The number of anilines is 1. The third-order valence-corrected chi connectivity index (χ3v) is 2.73. The van der Waals surface area contributed by atoms with E-state index in [2.05, 4.69) is 10.2 Å². The summed E-state index contributed by atoms with van der Waals surface area (Å²) in [6.45, 7) is 0.960. The summed E-state index contributed by atoms with van der Waals surface area (Å²) in [5, 5.41) is 3.28. The maximum Gasteiger partial charge on any atom is 0.123 e. The molecule has 3 heteroatoms. The number of hydrogen-bond donors (Lipinski definition) is 1. The van der Waals surface area contributed by atoms with Gasteiger partial charge in [0.2, 0.25) is 0 Å². The first-order valence-corrected chi connectivity index (χ1v) is 4.88. The highest BCUT2D eigenvalue weighted by molar-refractivity contribution is 5.54. The van der Waals surface area contributed by atoms with Crippen LogP contribution in [-0.2, 0) is 0 Å². The van der Waals surface area contributed by atoms with Crippen LogP contribution in [0.3, 0.4) is 0 Å². The van der Waals surface area contributed by atoms with Gasteiger partial charge in [-0.1, -0.05) is 0 Å². The zero-order valence-electron chi connectivity index (χ0n) is 8.55. The van der Waals surface area contributed by atoms with Crippen LogP contribution in [0.15, 0.2) is 18.2 Å². The minimum Gasteiger partial charge on any atom is -0.385 e. The number of halogens is 1. The highest BCUT2D eigenvalue weighted by Crippen LogP contribution is 2.32. The fourth-order valence-corrected chi connectivity index (χ4v) is 2.01. The molecule has 0 bridgehead atoms. The lowest BCUT2D eigenvalue weighted by Crippen LogP contribution is -2.27. The van der Waals surface area contributed by atoms with Crippen LogP contribution in [-0.4, -0.2) is 25.5 Å². The zero-order valence-corrected chi connectivity index (χ0v) is 8.55. The summed E-state index contributed by atoms with van der Waals surface area (Å²) >= 11 is 0. The van der Waals surface area contributed by atoms with Gasteiger partial charge in [0.25, 0.3) is 0 Å². The van der Waals surface area contributed by atoms with Gasteiger partial charge in [-0.3, -0.25) is 0 Å². The van der Waals surface area contributed by atoms with E-state index in [4.69, 9.17) is 0 Å². The van der Waals surface area contributed by atoms with Crippen molar-refractivity contribution in [3.8, 4) is 0 Å². The molecule has 0 fully saturated rings. The highest BCUT2D eigenvalue weighted by Gasteiger charge is 2.21. The number of nitrogens with one attached hydrogen (secondary N) is 1. The van der Waals surface area contributed by atoms with Crippen molar-refractivity contribution in [2.24, 2.45) is 0 Å². The Balaban J connectivity index is 2.41. The second kappa shape index (κ2) is 3.58. The second-order valence-corrected chi connectivity index (χ2v) is 3.93. The molecule has 1 unspecified atom stereocenters. The van der Waals surface area contributed by atoms with Gasteiger partial charge < -0.3 is 10.2 Å². The van der Waals surface area contributed by atoms with Crippen molar-refractivity contribution in [3.63, 3.8) is 0 Å². The van der Waals surface area contributed by atoms with E-state index in [0.717, 1.165) is 24.2 Å². The molecule has 1 aromatic rings. The number of rotatable bonds is 1. The van der Waals surface area contributed by atoms with Crippen molar-refractivity contribution < 1.29 is 4.39 Å². The predicted octanol–water partition coefficient (Wildman–Crippen LogP) is 2.24. The van der Waals surface area contributed by atoms with Crippen molar-refractivity contribution >= 4 is 5.69 Å². The third kappa shape index (κ3) is 1.60. The van der Waals surface area contributed by atoms with Gasteiger partial charge in [0, 0.05) is 18.3 Å². The molecule has 2 rings (SSSR count). The molecule has 0 spiro atoms. The number of hydrogen-bond acceptors (Lipinski definition) is 2. The summed E-state index contributed by atoms with van der Waals surface area (Å²) in [6, 6.07) is 5.29. The Morgan fingerprint density at radius 1 is 1.43 bits per heavy atom. The van der Waals surface area contributed by atoms with Gasteiger partial charge in [0.15, 0.2) is 0 Å². The van der Waals surface area contributed by atoms with E-state index in [1.54, 1.807) is 6.07 Å². The lowest BCUT2D eigenvalue weighted by atomic mass is 9.97. The monoisotopic (exact) mass is 194 g/mol. The molecular formula is C11H15FN2. The van der Waals surface area contributed by atoms with Crippen molar-refractivity contribution in [2.75, 3.05) is 26.0 Å². The Hall–Kier alpha value is -1.09. The quantitative estimate of drug-likeness (QED) is 0.737. The number of benzene rings is 1. The number of nitrogens with zero attached hydrogens (tertiary/aromatic N) is 1. The molecule has 14 heavy (non-hydrogen) atoms. The molecule has 76 valence electrons. The topological polar surface area (TPSA) is 15.3 Å². The van der Waals surface area contributed by atoms with E-state index in [9.17, 15) is 4.39 Å². The molecule has 0 amide bonds. The maximum atomic E-state index is 13.1. The normalized spacial score (nSPS) is 20.4. The molecule has 0 aliphatic carbocycles. The standard InChI is InChI=1S/C11H15FN2/c1-14(2)11-5-6-13-10-4-3-8(12)7-9(10)11/h3-4,7,11,13H,5-6H2,1-2H3. The Morgan fingerprint density at radius 3 is 2.93 bits per heavy atom. The molecule has 2 nitrogen and oxygen atoms in total. The highest BCUT2D eigenvalue weighted by atomic mass is 19.1. The van der Waals surface area contributed by atoms with Gasteiger partial charge in [-0.25, -0.2) is 4.39 Å². The summed E-state index contributed by atoms with van der Waals surface area (Å²) < 4.78 is 13.1. The van der Waals surface area contributed by atoms with E-state index in [1.807, 2.05) is 20.2 Å². The maximum absolute atomic E-state index is 13.1. The summed E-state index contributed by atoms with van der Waals surface area (Å²) in [5.74, 6) is -0.153. The van der Waals surface area contributed by atoms with Crippen LogP contribution in [0, 0.1) is 5.82 Å². The molecule has 1 N–H and O–H groups in total. The van der Waals surface area contributed by atoms with Gasteiger partial charge >= 0.3 is 0 Å². The van der Waals surface area contributed by atoms with Gasteiger partial charge in [-0.05, 0) is 44.3 Å². The minimum atomic E-state index is -0.153. The van der Waals surface area contributed by atoms with Gasteiger partial charge in [-0.2, -0.15) is 0 Å². The average Bonchev–Trinajstić information content (AvgIpc) is 2.16. The minimum absolute atomic E-state index is 0.153. The second-order valence-electron chi connectivity index (χ2n) is 3.93. The molecule has 1 aliphatic rings. The SMILES string of the molecule is CN(C)C1CCNc2ccc(F)cc21. The first kappa shape index (κ1) is 9.46. The van der Waals surface area contributed by atoms with E-state index >= 15 is 0 Å². The van der Waals surface area contributed by atoms with Crippen LogP contribution in [0.1, 0.15) is 18.0 Å². The van der Waals surface area contributed by atoms with Crippen LogP contribution in [0.5, 0.6) is 0 Å². The van der Waals surface area contributed by atoms with Crippen molar-refractivity contribution in [1.82, 2.24) is 4.90 Å². The Kier molecular flexibility index (Phi) is 2.42. The van der Waals surface area contributed by atoms with Crippen LogP contribution < -0.4 is 5.32 Å². The van der Waals surface area contributed by atoms with Crippen LogP contribution >= 0.6 is 0 Å². The molecule has 1 heterocycles. The van der Waals surface area contributed by atoms with Crippen molar-refractivity contribution in [3.05, 3.63) is 29.6 Å². The molecule has 0 saturated heterocycles. The molecule has 0 saturated carbocycles. The van der Waals surface area contributed by atoms with Gasteiger partial charge in [0.05, 0.1) is 0 Å². The van der Waals surface area contributed by atoms with E-state index < -0.39 is 0 Å². The van der Waals surface area contributed by atoms with Gasteiger partial charge in [0.1, 0.15) is 5.82 Å². The van der Waals surface area contributed by atoms with Crippen LogP contribution in [0.2, 0.25) is 0 Å². The van der Waals surface area contributed by atoms with Crippen LogP contribution in [0.25, 0.3) is 0 Å². The Bertz CT molecular complexity index is 336. The van der Waals surface area contributed by atoms with E-state index in [1.165, 1.54) is 6.07 Å². The molecular weight excluding hydrogens is 179 g/mol. The average molecular weight is 194 g/mol. The molecule has 0 radical (unpaired) electrons. The summed E-state index contributed by atoms with van der Waals surface area (Å²) in [7, 11) is 4.06. The largest absolute Gasteiger partial charge is 0.385 e. The first-order chi connectivity index (χ1) is 6.68. The molecule has 1 aromatic carbocycles. The van der Waals surface area contributed by atoms with Crippen LogP contribution in [0.4, 0.5) is 10.1 Å². The first-order valence-electron chi connectivity index (χ1n) is 4.88. The van der Waals surface area contributed by atoms with Crippen molar-refractivity contribution in [2.45, 2.75) is 12.5 Å². The van der Waals surface area contributed by atoms with Gasteiger partial charge in [-0.15, -0.1) is 0 Å². The lowest BCUT2D eigenvalue weighted by molar-refractivity contribution is 0.284. The number of fused-ring (bicyclic) bond motifs is 1. The fourth-order valence-electron chi connectivity index (χ4n) is 2.01. The predicted molar refractivity (Wildman–Crippen MR) is 55.9 cm³/mol. The summed E-state index contributed by atoms with van der Waals surface area (Å²) in [6.07, 6.45) is 1.03. The molecule has 1 aliphatic heterocycles. The summed E-state index contributed by atoms with van der Waals surface area (Å²) in [4.78, 5) is 2.14. The Morgan fingerprint density at radius 2 is 2.21 bits per heavy atom. The van der Waals surface area contributed by atoms with E-state index in [0.29, 0.717) is 6.04 Å². The smallest absolute Gasteiger partial charge is 0.123 e. The Labute approximate surface area is 83.7 Å². The van der Waals surface area contributed by atoms with Crippen molar-refractivity contribution in [1.29, 1.82) is 0 Å². The summed E-state index contributed by atoms with van der Waals surface area (Å²) in [5.41, 5.74) is 2.14. The van der Waals surface area contributed by atoms with E-state index in [-0.39, 0.29) is 5.82 Å². The third-order valence-electron chi connectivity index (χ3n) is 2.73. The fraction of sp³-hybridized carbons (Fsp3) is 0.455. The zero-order chi connectivity index (χ0) is 10.1.